The van der Waals surface area contributed by atoms with Crippen molar-refractivity contribution in [3.63, 3.8) is 0 Å². The third-order valence-corrected chi connectivity index (χ3v) is 1.65. The van der Waals surface area contributed by atoms with Crippen LogP contribution in [0.4, 0.5) is 0 Å². The first-order chi connectivity index (χ1) is 4.71. The van der Waals surface area contributed by atoms with Gasteiger partial charge in [-0.3, -0.25) is 0 Å². The van der Waals surface area contributed by atoms with Crippen molar-refractivity contribution in [1.29, 1.82) is 0 Å². The van der Waals surface area contributed by atoms with E-state index in [2.05, 4.69) is 10.2 Å². The van der Waals surface area contributed by atoms with Gasteiger partial charge in [0.15, 0.2) is 0 Å². The molecule has 0 fully saturated rings. The van der Waals surface area contributed by atoms with Crippen molar-refractivity contribution in [2.45, 2.75) is 19.4 Å². The van der Waals surface area contributed by atoms with Gasteiger partial charge in [0.1, 0.15) is 0 Å². The third-order valence-electron chi connectivity index (χ3n) is 1.08. The van der Waals surface area contributed by atoms with Crippen LogP contribution in [0.5, 0.6) is 0 Å². The van der Waals surface area contributed by atoms with E-state index in [0.717, 1.165) is 0 Å². The highest BCUT2D eigenvalue weighted by atomic mass is 32.2. The Morgan fingerprint density at radius 1 is 1.30 bits per heavy atom. The molecule has 0 aliphatic carbocycles. The van der Waals surface area contributed by atoms with E-state index >= 15 is 0 Å². The van der Waals surface area contributed by atoms with Crippen LogP contribution < -0.4 is 0 Å². The number of hydrogen-bond acceptors (Lipinski definition) is 3. The standard InChI is InChI=1S/C7H10N2S/c1-7(2)3-5-10-6-4-8-9-7/h3-6H,1-2H3/b5-3-,6-4-,9-8?. The predicted molar refractivity (Wildman–Crippen MR) is 44.8 cm³/mol. The van der Waals surface area contributed by atoms with Crippen molar-refractivity contribution in [3.05, 3.63) is 23.1 Å². The van der Waals surface area contributed by atoms with Gasteiger partial charge in [-0.15, -0.1) is 11.8 Å². The summed E-state index contributed by atoms with van der Waals surface area (Å²) in [5, 5.41) is 11.8. The summed E-state index contributed by atoms with van der Waals surface area (Å²) < 4.78 is 0. The Morgan fingerprint density at radius 3 is 2.90 bits per heavy atom. The van der Waals surface area contributed by atoms with Crippen molar-refractivity contribution in [2.24, 2.45) is 10.2 Å². The molecule has 3 heteroatoms. The molecule has 0 spiro atoms. The molecule has 0 aromatic rings. The Balaban J connectivity index is 2.78. The molecule has 2 nitrogen and oxygen atoms in total. The number of azo groups is 1. The van der Waals surface area contributed by atoms with Crippen LogP contribution in [0.3, 0.4) is 0 Å². The highest BCUT2D eigenvalue weighted by Gasteiger charge is 2.10. The monoisotopic (exact) mass is 154 g/mol. The van der Waals surface area contributed by atoms with Gasteiger partial charge in [0.2, 0.25) is 0 Å². The number of rotatable bonds is 0. The van der Waals surface area contributed by atoms with Gasteiger partial charge < -0.3 is 0 Å². The summed E-state index contributed by atoms with van der Waals surface area (Å²) in [7, 11) is 0. The topological polar surface area (TPSA) is 24.7 Å². The normalized spacial score (nSPS) is 28.6. The number of nitrogens with zero attached hydrogens (tertiary/aromatic N) is 2. The summed E-state index contributed by atoms with van der Waals surface area (Å²) in [5.41, 5.74) is -0.141. The predicted octanol–water partition coefficient (Wildman–Crippen LogP) is 2.95. The van der Waals surface area contributed by atoms with Gasteiger partial charge in [0.25, 0.3) is 0 Å². The third kappa shape index (κ3) is 2.35. The first-order valence-electron chi connectivity index (χ1n) is 3.11. The maximum absolute atomic E-state index is 4.05. The molecule has 0 aromatic heterocycles. The second-order valence-corrected chi connectivity index (χ2v) is 3.41. The first kappa shape index (κ1) is 7.54. The van der Waals surface area contributed by atoms with Crippen LogP contribution in [-0.4, -0.2) is 5.54 Å². The van der Waals surface area contributed by atoms with Gasteiger partial charge in [0.05, 0.1) is 11.7 Å². The van der Waals surface area contributed by atoms with Crippen LogP contribution in [0.15, 0.2) is 33.3 Å². The maximum Gasteiger partial charge on any atom is 0.0951 e. The molecule has 0 unspecified atom stereocenters. The molecule has 54 valence electrons. The Morgan fingerprint density at radius 2 is 2.10 bits per heavy atom. The number of hydrogen-bond donors (Lipinski definition) is 0. The van der Waals surface area contributed by atoms with Crippen LogP contribution in [0, 0.1) is 0 Å². The molecule has 1 rings (SSSR count). The first-order valence-corrected chi connectivity index (χ1v) is 4.05. The molecule has 0 bridgehead atoms. The van der Waals surface area contributed by atoms with E-state index < -0.39 is 0 Å². The Bertz CT molecular complexity index is 192. The molecule has 1 aliphatic rings. The van der Waals surface area contributed by atoms with E-state index in [1.807, 2.05) is 30.7 Å². The molecule has 0 radical (unpaired) electrons. The molecule has 0 N–H and O–H groups in total. The fourth-order valence-electron chi connectivity index (χ4n) is 0.529. The van der Waals surface area contributed by atoms with Crippen molar-refractivity contribution >= 4 is 11.8 Å². The SMILES string of the molecule is CC1(C)/C=C\S/C=C\N=N1. The Labute approximate surface area is 65.1 Å². The maximum atomic E-state index is 4.05. The molecule has 1 aliphatic heterocycles. The fourth-order valence-corrected chi connectivity index (χ4v) is 1.16. The lowest BCUT2D eigenvalue weighted by atomic mass is 10.1. The Kier molecular flexibility index (Phi) is 2.27. The lowest BCUT2D eigenvalue weighted by Crippen LogP contribution is -2.10. The lowest BCUT2D eigenvalue weighted by molar-refractivity contribution is 0.619. The highest BCUT2D eigenvalue weighted by molar-refractivity contribution is 8.04. The van der Waals surface area contributed by atoms with E-state index in [-0.39, 0.29) is 5.54 Å². The summed E-state index contributed by atoms with van der Waals surface area (Å²) >= 11 is 1.62. The van der Waals surface area contributed by atoms with Gasteiger partial charge in [-0.1, -0.05) is 0 Å². The summed E-state index contributed by atoms with van der Waals surface area (Å²) in [5.74, 6) is 0. The van der Waals surface area contributed by atoms with Gasteiger partial charge >= 0.3 is 0 Å². The average molecular weight is 154 g/mol. The second kappa shape index (κ2) is 3.01. The van der Waals surface area contributed by atoms with Crippen LogP contribution in [0.1, 0.15) is 13.8 Å². The van der Waals surface area contributed by atoms with Gasteiger partial charge in [-0.05, 0) is 30.7 Å². The summed E-state index contributed by atoms with van der Waals surface area (Å²) in [6.45, 7) is 4.04. The van der Waals surface area contributed by atoms with E-state index in [1.165, 1.54) is 0 Å². The van der Waals surface area contributed by atoms with E-state index in [9.17, 15) is 0 Å². The van der Waals surface area contributed by atoms with Crippen molar-refractivity contribution < 1.29 is 0 Å². The summed E-state index contributed by atoms with van der Waals surface area (Å²) in [6.07, 6.45) is 3.74. The molecule has 1 heterocycles. The Hall–Kier alpha value is -0.570. The quantitative estimate of drug-likeness (QED) is 0.526. The minimum Gasteiger partial charge on any atom is -0.179 e. The second-order valence-electron chi connectivity index (χ2n) is 2.59. The molecule has 0 atom stereocenters. The van der Waals surface area contributed by atoms with Gasteiger partial charge in [-0.25, -0.2) is 0 Å². The van der Waals surface area contributed by atoms with Crippen LogP contribution in [-0.2, 0) is 0 Å². The van der Waals surface area contributed by atoms with Crippen LogP contribution in [0.25, 0.3) is 0 Å². The van der Waals surface area contributed by atoms with Gasteiger partial charge in [0, 0.05) is 0 Å². The van der Waals surface area contributed by atoms with Crippen molar-refractivity contribution in [3.8, 4) is 0 Å². The van der Waals surface area contributed by atoms with E-state index in [0.29, 0.717) is 0 Å². The largest absolute Gasteiger partial charge is 0.179 e. The zero-order valence-corrected chi connectivity index (χ0v) is 6.93. The smallest absolute Gasteiger partial charge is 0.0951 e. The van der Waals surface area contributed by atoms with Crippen molar-refractivity contribution in [1.82, 2.24) is 0 Å². The zero-order valence-electron chi connectivity index (χ0n) is 6.11. The molecule has 0 saturated heterocycles. The molecule has 10 heavy (non-hydrogen) atoms. The van der Waals surface area contributed by atoms with Gasteiger partial charge in [-0.2, -0.15) is 10.2 Å². The minimum absolute atomic E-state index is 0.141. The van der Waals surface area contributed by atoms with E-state index in [4.69, 9.17) is 0 Å². The molecule has 0 saturated carbocycles. The minimum atomic E-state index is -0.141. The zero-order chi connectivity index (χ0) is 7.45. The summed E-state index contributed by atoms with van der Waals surface area (Å²) in [6, 6.07) is 0. The van der Waals surface area contributed by atoms with E-state index in [1.54, 1.807) is 18.0 Å². The average Bonchev–Trinajstić information content (AvgIpc) is 1.81. The highest BCUT2D eigenvalue weighted by Crippen LogP contribution is 2.17. The molecular weight excluding hydrogens is 144 g/mol. The molecular formula is C7H10N2S. The van der Waals surface area contributed by atoms with Crippen molar-refractivity contribution in [2.75, 3.05) is 0 Å². The van der Waals surface area contributed by atoms with Crippen LogP contribution in [0.2, 0.25) is 0 Å². The molecule has 0 amide bonds. The lowest BCUT2D eigenvalue weighted by Gasteiger charge is -2.11. The fraction of sp³-hybridized carbons (Fsp3) is 0.429. The summed E-state index contributed by atoms with van der Waals surface area (Å²) in [4.78, 5) is 0. The molecule has 0 aromatic carbocycles. The van der Waals surface area contributed by atoms with Crippen LogP contribution >= 0.6 is 11.8 Å². The number of thioether (sulfide) groups is 1.